The number of hydrogen-bond donors (Lipinski definition) is 2. The molecule has 0 aliphatic heterocycles. The maximum absolute atomic E-state index is 8.36. The Balaban J connectivity index is 0. The minimum atomic E-state index is -0.250. The lowest BCUT2D eigenvalue weighted by atomic mass is 10.2. The third-order valence-corrected chi connectivity index (χ3v) is 1.36. The third-order valence-electron chi connectivity index (χ3n) is 1.36. The first-order valence-electron chi connectivity index (χ1n) is 4.58. The second kappa shape index (κ2) is 11.6. The van der Waals surface area contributed by atoms with Crippen LogP contribution in [0.5, 0.6) is 0 Å². The second-order valence-corrected chi connectivity index (χ2v) is 2.30. The number of hydrogen-bond acceptors (Lipinski definition) is 2. The third kappa shape index (κ3) is 8.74. The Labute approximate surface area is 85.6 Å². The highest BCUT2D eigenvalue weighted by Crippen LogP contribution is 2.00. The largest absolute Gasteiger partial charge is 0.483 e. The smallest absolute Gasteiger partial charge is 0.290 e. The van der Waals surface area contributed by atoms with Gasteiger partial charge in [0.1, 0.15) is 0 Å². The molecule has 3 heteroatoms. The van der Waals surface area contributed by atoms with Gasteiger partial charge in [0.2, 0.25) is 0 Å². The molecule has 0 radical (unpaired) electrons. The van der Waals surface area contributed by atoms with Crippen LogP contribution >= 0.6 is 0 Å². The number of benzene rings is 1. The lowest BCUT2D eigenvalue weighted by Gasteiger charge is -1.94. The van der Waals surface area contributed by atoms with Crippen molar-refractivity contribution in [3.05, 3.63) is 35.4 Å². The molecule has 0 heterocycles. The molecule has 0 saturated carbocycles. The van der Waals surface area contributed by atoms with E-state index in [0.29, 0.717) is 6.54 Å². The standard InChI is InChI=1S/C8H11N.C2H6.CH2O2/c1-7-2-4-8(6-9)5-3-7;1-2;2-1-3/h2-5H,6,9H2,1H3;1-2H3;1H,(H,2,3). The first-order valence-corrected chi connectivity index (χ1v) is 4.58. The fraction of sp³-hybridized carbons (Fsp3) is 0.364. The Morgan fingerprint density at radius 2 is 1.64 bits per heavy atom. The van der Waals surface area contributed by atoms with Crippen LogP contribution in [0.25, 0.3) is 0 Å². The molecule has 1 rings (SSSR count). The number of rotatable bonds is 1. The van der Waals surface area contributed by atoms with E-state index in [2.05, 4.69) is 31.2 Å². The van der Waals surface area contributed by atoms with Crippen molar-refractivity contribution in [3.8, 4) is 0 Å². The van der Waals surface area contributed by atoms with Crippen LogP contribution in [0.4, 0.5) is 0 Å². The Kier molecular flexibility index (Phi) is 12.6. The summed E-state index contributed by atoms with van der Waals surface area (Å²) in [6.07, 6.45) is 0. The lowest BCUT2D eigenvalue weighted by molar-refractivity contribution is -0.122. The molecule has 3 N–H and O–H groups in total. The quantitative estimate of drug-likeness (QED) is 0.678. The zero-order valence-corrected chi connectivity index (χ0v) is 9.03. The highest BCUT2D eigenvalue weighted by atomic mass is 16.3. The van der Waals surface area contributed by atoms with Crippen LogP contribution in [-0.2, 0) is 11.3 Å². The van der Waals surface area contributed by atoms with Gasteiger partial charge in [-0.3, -0.25) is 4.79 Å². The van der Waals surface area contributed by atoms with Crippen LogP contribution in [0.1, 0.15) is 25.0 Å². The topological polar surface area (TPSA) is 63.3 Å². The van der Waals surface area contributed by atoms with E-state index in [9.17, 15) is 0 Å². The molecule has 3 nitrogen and oxygen atoms in total. The van der Waals surface area contributed by atoms with E-state index in [1.54, 1.807) is 0 Å². The average molecular weight is 197 g/mol. The molecule has 0 bridgehead atoms. The molecule has 0 saturated heterocycles. The van der Waals surface area contributed by atoms with Crippen molar-refractivity contribution >= 4 is 6.47 Å². The van der Waals surface area contributed by atoms with Gasteiger partial charge in [-0.15, -0.1) is 0 Å². The molecule has 0 amide bonds. The zero-order valence-electron chi connectivity index (χ0n) is 9.03. The minimum absolute atomic E-state index is 0.250. The molecular weight excluding hydrogens is 178 g/mol. The highest BCUT2D eigenvalue weighted by Gasteiger charge is 1.84. The minimum Gasteiger partial charge on any atom is -0.483 e. The van der Waals surface area contributed by atoms with Gasteiger partial charge < -0.3 is 10.8 Å². The van der Waals surface area contributed by atoms with Gasteiger partial charge in [-0.25, -0.2) is 0 Å². The monoisotopic (exact) mass is 197 g/mol. The highest BCUT2D eigenvalue weighted by molar-refractivity contribution is 5.32. The molecule has 0 atom stereocenters. The molecule has 14 heavy (non-hydrogen) atoms. The summed E-state index contributed by atoms with van der Waals surface area (Å²) in [6.45, 7) is 6.46. The molecule has 0 fully saturated rings. The van der Waals surface area contributed by atoms with Crippen molar-refractivity contribution in [1.29, 1.82) is 0 Å². The summed E-state index contributed by atoms with van der Waals surface area (Å²) < 4.78 is 0. The van der Waals surface area contributed by atoms with Crippen LogP contribution in [-0.4, -0.2) is 11.6 Å². The summed E-state index contributed by atoms with van der Waals surface area (Å²) in [6, 6.07) is 8.25. The summed E-state index contributed by atoms with van der Waals surface area (Å²) in [5.74, 6) is 0. The Hall–Kier alpha value is -1.35. The van der Waals surface area contributed by atoms with Gasteiger partial charge in [0.25, 0.3) is 6.47 Å². The summed E-state index contributed by atoms with van der Waals surface area (Å²) in [5, 5.41) is 6.89. The number of nitrogens with two attached hydrogens (primary N) is 1. The van der Waals surface area contributed by atoms with Crippen LogP contribution in [0.2, 0.25) is 0 Å². The number of aryl methyl sites for hydroxylation is 1. The van der Waals surface area contributed by atoms with E-state index in [-0.39, 0.29) is 6.47 Å². The van der Waals surface area contributed by atoms with Crippen molar-refractivity contribution < 1.29 is 9.90 Å². The Bertz CT molecular complexity index is 219. The fourth-order valence-electron chi connectivity index (χ4n) is 0.724. The molecule has 0 aromatic heterocycles. The van der Waals surface area contributed by atoms with Gasteiger partial charge in [-0.05, 0) is 12.5 Å². The predicted octanol–water partition coefficient (Wildman–Crippen LogP) is 2.18. The van der Waals surface area contributed by atoms with Crippen LogP contribution < -0.4 is 5.73 Å². The molecular formula is C11H19NO2. The number of carbonyl (C=O) groups is 1. The van der Waals surface area contributed by atoms with E-state index in [1.807, 2.05) is 13.8 Å². The Morgan fingerprint density at radius 1 is 1.29 bits per heavy atom. The van der Waals surface area contributed by atoms with Crippen LogP contribution in [0, 0.1) is 6.92 Å². The predicted molar refractivity (Wildman–Crippen MR) is 59.1 cm³/mol. The molecule has 1 aromatic rings. The van der Waals surface area contributed by atoms with Gasteiger partial charge >= 0.3 is 0 Å². The molecule has 0 aliphatic rings. The van der Waals surface area contributed by atoms with Crippen molar-refractivity contribution in [2.75, 3.05) is 0 Å². The molecule has 0 spiro atoms. The Morgan fingerprint density at radius 3 is 1.93 bits per heavy atom. The van der Waals surface area contributed by atoms with E-state index < -0.39 is 0 Å². The van der Waals surface area contributed by atoms with Gasteiger partial charge in [-0.1, -0.05) is 43.7 Å². The molecule has 0 unspecified atom stereocenters. The van der Waals surface area contributed by atoms with Crippen LogP contribution in [0.3, 0.4) is 0 Å². The van der Waals surface area contributed by atoms with Gasteiger partial charge in [-0.2, -0.15) is 0 Å². The normalized spacial score (nSPS) is 7.43. The van der Waals surface area contributed by atoms with Crippen molar-refractivity contribution in [2.24, 2.45) is 5.73 Å². The van der Waals surface area contributed by atoms with E-state index >= 15 is 0 Å². The molecule has 80 valence electrons. The van der Waals surface area contributed by atoms with Gasteiger partial charge in [0.05, 0.1) is 0 Å². The summed E-state index contributed by atoms with van der Waals surface area (Å²) in [7, 11) is 0. The molecule has 0 aliphatic carbocycles. The van der Waals surface area contributed by atoms with E-state index in [1.165, 1.54) is 11.1 Å². The second-order valence-electron chi connectivity index (χ2n) is 2.30. The van der Waals surface area contributed by atoms with Gasteiger partial charge in [0, 0.05) is 6.54 Å². The maximum Gasteiger partial charge on any atom is 0.290 e. The fourth-order valence-corrected chi connectivity index (χ4v) is 0.724. The number of carboxylic acid groups (broad SMARTS) is 1. The van der Waals surface area contributed by atoms with Gasteiger partial charge in [0.15, 0.2) is 0 Å². The first kappa shape index (κ1) is 15.1. The van der Waals surface area contributed by atoms with Crippen molar-refractivity contribution in [1.82, 2.24) is 0 Å². The SMILES string of the molecule is CC.Cc1ccc(CN)cc1.O=CO. The summed E-state index contributed by atoms with van der Waals surface area (Å²) in [5.41, 5.74) is 7.88. The first-order chi connectivity index (χ1) is 6.74. The summed E-state index contributed by atoms with van der Waals surface area (Å²) in [4.78, 5) is 8.36. The van der Waals surface area contributed by atoms with E-state index in [4.69, 9.17) is 15.6 Å². The van der Waals surface area contributed by atoms with Crippen molar-refractivity contribution in [2.45, 2.75) is 27.3 Å². The van der Waals surface area contributed by atoms with Crippen LogP contribution in [0.15, 0.2) is 24.3 Å². The lowest BCUT2D eigenvalue weighted by Crippen LogP contribution is -1.94. The zero-order chi connectivity index (χ0) is 11.4. The maximum atomic E-state index is 8.36. The van der Waals surface area contributed by atoms with E-state index in [0.717, 1.165) is 0 Å². The average Bonchev–Trinajstić information content (AvgIpc) is 2.23. The summed E-state index contributed by atoms with van der Waals surface area (Å²) >= 11 is 0. The van der Waals surface area contributed by atoms with Crippen molar-refractivity contribution in [3.63, 3.8) is 0 Å². The molecule has 1 aromatic carbocycles.